The highest BCUT2D eigenvalue weighted by molar-refractivity contribution is 7.11. The van der Waals surface area contributed by atoms with Gasteiger partial charge in [0.05, 0.1) is 13.1 Å². The molecule has 1 heterocycles. The maximum Gasteiger partial charge on any atom is 0.251 e. The van der Waals surface area contributed by atoms with Gasteiger partial charge in [0, 0.05) is 27.4 Å². The van der Waals surface area contributed by atoms with Gasteiger partial charge in [-0.1, -0.05) is 12.1 Å². The molecule has 0 aliphatic carbocycles. The summed E-state index contributed by atoms with van der Waals surface area (Å²) >= 11 is 1.78. The lowest BCUT2D eigenvalue weighted by Crippen LogP contribution is -2.40. The van der Waals surface area contributed by atoms with Crippen molar-refractivity contribution in [1.29, 1.82) is 0 Å². The van der Waals surface area contributed by atoms with E-state index in [1.54, 1.807) is 11.3 Å². The average Bonchev–Trinajstić information content (AvgIpc) is 3.01. The smallest absolute Gasteiger partial charge is 0.251 e. The van der Waals surface area contributed by atoms with Gasteiger partial charge in [-0.25, -0.2) is 4.99 Å². The summed E-state index contributed by atoms with van der Waals surface area (Å²) in [5.41, 5.74) is 1.40. The molecule has 1 aromatic carbocycles. The number of rotatable bonds is 6. The van der Waals surface area contributed by atoms with Crippen LogP contribution in [0.15, 0.2) is 41.4 Å². The molecule has 0 aliphatic heterocycles. The summed E-state index contributed by atoms with van der Waals surface area (Å²) in [6.07, 6.45) is 0. The Hall–Kier alpha value is -2.34. The average molecular weight is 387 g/mol. The van der Waals surface area contributed by atoms with Crippen LogP contribution in [0.2, 0.25) is 0 Å². The first-order valence-corrected chi connectivity index (χ1v) is 10.1. The van der Waals surface area contributed by atoms with Gasteiger partial charge in [0.1, 0.15) is 0 Å². The van der Waals surface area contributed by atoms with Crippen LogP contribution in [-0.2, 0) is 13.1 Å². The molecule has 6 heteroatoms. The lowest BCUT2D eigenvalue weighted by molar-refractivity contribution is 0.0919. The molecule has 27 heavy (non-hydrogen) atoms. The first kappa shape index (κ1) is 21.0. The Bertz CT molecular complexity index is 789. The third kappa shape index (κ3) is 7.43. The number of aliphatic imine (C=N–C) groups is 1. The zero-order valence-electron chi connectivity index (χ0n) is 16.8. The summed E-state index contributed by atoms with van der Waals surface area (Å²) in [5.74, 6) is 0.708. The molecule has 0 fully saturated rings. The van der Waals surface area contributed by atoms with E-state index in [0.717, 1.165) is 24.6 Å². The number of guanidine groups is 1. The van der Waals surface area contributed by atoms with Crippen molar-refractivity contribution >= 4 is 23.2 Å². The molecule has 0 spiro atoms. The van der Waals surface area contributed by atoms with Crippen molar-refractivity contribution in [1.82, 2.24) is 16.0 Å². The molecule has 0 radical (unpaired) electrons. The number of hydrogen-bond donors (Lipinski definition) is 3. The second kappa shape index (κ2) is 9.55. The Morgan fingerprint density at radius 3 is 2.56 bits per heavy atom. The van der Waals surface area contributed by atoms with E-state index in [2.05, 4.69) is 40.0 Å². The zero-order chi connectivity index (χ0) is 19.9. The highest BCUT2D eigenvalue weighted by Crippen LogP contribution is 2.14. The lowest BCUT2D eigenvalue weighted by atomic mass is 10.1. The second-order valence-corrected chi connectivity index (χ2v) is 8.84. The number of nitrogens with zero attached hydrogens (tertiary/aromatic N) is 1. The normalized spacial score (nSPS) is 12.0. The van der Waals surface area contributed by atoms with Gasteiger partial charge < -0.3 is 16.0 Å². The molecule has 0 atom stereocenters. The van der Waals surface area contributed by atoms with Crippen LogP contribution >= 0.6 is 11.3 Å². The number of thiophene rings is 1. The fraction of sp³-hybridized carbons (Fsp3) is 0.429. The summed E-state index contributed by atoms with van der Waals surface area (Å²) in [5, 5.41) is 9.61. The Morgan fingerprint density at radius 1 is 1.15 bits per heavy atom. The minimum absolute atomic E-state index is 0.0635. The lowest BCUT2D eigenvalue weighted by Gasteiger charge is -2.20. The van der Waals surface area contributed by atoms with Gasteiger partial charge in [-0.3, -0.25) is 4.79 Å². The van der Waals surface area contributed by atoms with Crippen LogP contribution in [0.3, 0.4) is 0 Å². The van der Waals surface area contributed by atoms with Crippen molar-refractivity contribution in [2.75, 3.05) is 6.54 Å². The highest BCUT2D eigenvalue weighted by Gasteiger charge is 2.15. The maximum absolute atomic E-state index is 12.3. The van der Waals surface area contributed by atoms with Gasteiger partial charge in [-0.05, 0) is 64.4 Å². The summed E-state index contributed by atoms with van der Waals surface area (Å²) < 4.78 is 0. The van der Waals surface area contributed by atoms with Gasteiger partial charge in [0.2, 0.25) is 0 Å². The van der Waals surface area contributed by atoms with E-state index in [9.17, 15) is 4.79 Å². The topological polar surface area (TPSA) is 65.5 Å². The molecule has 3 N–H and O–H groups in total. The number of carbonyl (C=O) groups is 1. The monoisotopic (exact) mass is 386 g/mol. The van der Waals surface area contributed by atoms with E-state index in [4.69, 9.17) is 0 Å². The van der Waals surface area contributed by atoms with E-state index in [0.29, 0.717) is 12.1 Å². The molecular formula is C21H30N4OS. The van der Waals surface area contributed by atoms with Gasteiger partial charge in [-0.15, -0.1) is 11.3 Å². The molecule has 0 unspecified atom stereocenters. The summed E-state index contributed by atoms with van der Waals surface area (Å²) in [6.45, 7) is 12.1. The molecule has 2 aromatic rings. The standard InChI is InChI=1S/C21H30N4OS/c1-6-22-20(24-14-18-11-10-15(2)27-18)23-13-16-8-7-9-17(12-16)19(26)25-21(3,4)5/h7-12H,6,13-14H2,1-5H3,(H,25,26)(H2,22,23,24). The largest absolute Gasteiger partial charge is 0.357 e. The molecule has 0 saturated carbocycles. The third-order valence-electron chi connectivity index (χ3n) is 3.67. The molecule has 5 nitrogen and oxygen atoms in total. The molecule has 0 aliphatic rings. The molecule has 146 valence electrons. The van der Waals surface area contributed by atoms with Crippen molar-refractivity contribution in [2.24, 2.45) is 4.99 Å². The van der Waals surface area contributed by atoms with Crippen LogP contribution in [0.25, 0.3) is 0 Å². The molecule has 2 rings (SSSR count). The van der Waals surface area contributed by atoms with Gasteiger partial charge in [0.25, 0.3) is 5.91 Å². The van der Waals surface area contributed by atoms with Crippen LogP contribution in [0.4, 0.5) is 0 Å². The fourth-order valence-corrected chi connectivity index (χ4v) is 3.32. The molecule has 1 amide bonds. The Kier molecular flexibility index (Phi) is 7.42. The summed E-state index contributed by atoms with van der Waals surface area (Å²) in [7, 11) is 0. The minimum atomic E-state index is -0.256. The van der Waals surface area contributed by atoms with Crippen molar-refractivity contribution < 1.29 is 4.79 Å². The molecule has 0 bridgehead atoms. The molecule has 1 aromatic heterocycles. The van der Waals surface area contributed by atoms with E-state index < -0.39 is 0 Å². The zero-order valence-corrected chi connectivity index (χ0v) is 17.7. The number of carbonyl (C=O) groups excluding carboxylic acids is 1. The van der Waals surface area contributed by atoms with E-state index >= 15 is 0 Å². The Balaban J connectivity index is 2.02. The van der Waals surface area contributed by atoms with Gasteiger partial charge in [-0.2, -0.15) is 0 Å². The van der Waals surface area contributed by atoms with Crippen molar-refractivity contribution in [3.63, 3.8) is 0 Å². The van der Waals surface area contributed by atoms with Gasteiger partial charge in [0.15, 0.2) is 5.96 Å². The number of benzene rings is 1. The van der Waals surface area contributed by atoms with E-state index in [1.807, 2.05) is 52.0 Å². The van der Waals surface area contributed by atoms with E-state index in [-0.39, 0.29) is 11.4 Å². The number of aryl methyl sites for hydroxylation is 1. The third-order valence-corrected chi connectivity index (χ3v) is 4.67. The number of hydrogen-bond acceptors (Lipinski definition) is 3. The number of nitrogens with one attached hydrogen (secondary N) is 3. The van der Waals surface area contributed by atoms with Crippen LogP contribution in [0.1, 0.15) is 53.4 Å². The Labute approximate surface area is 166 Å². The summed E-state index contributed by atoms with van der Waals surface area (Å²) in [4.78, 5) is 19.6. The molecule has 0 saturated heterocycles. The number of amides is 1. The Morgan fingerprint density at radius 2 is 1.93 bits per heavy atom. The first-order chi connectivity index (χ1) is 12.8. The van der Waals surface area contributed by atoms with Crippen molar-refractivity contribution in [2.45, 2.75) is 53.2 Å². The first-order valence-electron chi connectivity index (χ1n) is 9.26. The summed E-state index contributed by atoms with van der Waals surface area (Å²) in [6, 6.07) is 11.9. The van der Waals surface area contributed by atoms with Crippen LogP contribution in [0, 0.1) is 6.92 Å². The quantitative estimate of drug-likeness (QED) is 0.522. The maximum atomic E-state index is 12.3. The van der Waals surface area contributed by atoms with Crippen molar-refractivity contribution in [3.05, 3.63) is 57.3 Å². The van der Waals surface area contributed by atoms with Crippen LogP contribution < -0.4 is 16.0 Å². The highest BCUT2D eigenvalue weighted by atomic mass is 32.1. The predicted molar refractivity (Wildman–Crippen MR) is 114 cm³/mol. The van der Waals surface area contributed by atoms with Crippen LogP contribution in [-0.4, -0.2) is 24.0 Å². The second-order valence-electron chi connectivity index (χ2n) is 7.47. The molecular weight excluding hydrogens is 356 g/mol. The van der Waals surface area contributed by atoms with Gasteiger partial charge >= 0.3 is 0 Å². The fourth-order valence-electron chi connectivity index (χ4n) is 2.49. The van der Waals surface area contributed by atoms with E-state index in [1.165, 1.54) is 9.75 Å². The van der Waals surface area contributed by atoms with Crippen molar-refractivity contribution in [3.8, 4) is 0 Å². The predicted octanol–water partition coefficient (Wildman–Crippen LogP) is 3.84. The minimum Gasteiger partial charge on any atom is -0.357 e. The van der Waals surface area contributed by atoms with Crippen LogP contribution in [0.5, 0.6) is 0 Å². The SMILES string of the molecule is CCNC(=NCc1cccc(C(=O)NC(C)(C)C)c1)NCc1ccc(C)s1.